The molecule has 0 radical (unpaired) electrons. The zero-order valence-electron chi connectivity index (χ0n) is 11.9. The van der Waals surface area contributed by atoms with E-state index in [0.29, 0.717) is 43.1 Å². The van der Waals surface area contributed by atoms with E-state index in [-0.39, 0.29) is 11.7 Å². The molecule has 1 unspecified atom stereocenters. The van der Waals surface area contributed by atoms with Crippen LogP contribution in [0.2, 0.25) is 5.02 Å². The Morgan fingerprint density at radius 3 is 2.76 bits per heavy atom. The Kier molecular flexibility index (Phi) is 5.56. The Morgan fingerprint density at radius 1 is 1.52 bits per heavy atom. The lowest BCUT2D eigenvalue weighted by Gasteiger charge is -2.33. The van der Waals surface area contributed by atoms with E-state index in [2.05, 4.69) is 9.64 Å². The minimum Gasteiger partial charge on any atom is -0.467 e. The lowest BCUT2D eigenvalue weighted by Crippen LogP contribution is -2.40. The van der Waals surface area contributed by atoms with Crippen LogP contribution in [0.15, 0.2) is 18.2 Å². The summed E-state index contributed by atoms with van der Waals surface area (Å²) in [6.07, 6.45) is 0.307. The second-order valence-corrected chi connectivity index (χ2v) is 5.75. The van der Waals surface area contributed by atoms with Gasteiger partial charge in [0.05, 0.1) is 7.11 Å². The lowest BCUT2D eigenvalue weighted by molar-refractivity contribution is -0.154. The molecule has 0 aromatic heterocycles. The van der Waals surface area contributed by atoms with E-state index in [0.717, 1.165) is 0 Å². The van der Waals surface area contributed by atoms with Crippen LogP contribution in [-0.4, -0.2) is 42.3 Å². The Bertz CT molecular complexity index is 504. The number of benzene rings is 1. The monoisotopic (exact) mass is 315 g/mol. The van der Waals surface area contributed by atoms with Crippen molar-refractivity contribution >= 4 is 17.6 Å². The maximum absolute atomic E-state index is 13.7. The number of carbonyl (C=O) groups is 1. The number of piperidine rings is 1. The van der Waals surface area contributed by atoms with Crippen molar-refractivity contribution in [1.29, 1.82) is 0 Å². The zero-order chi connectivity index (χ0) is 15.4. The summed E-state index contributed by atoms with van der Waals surface area (Å²) in [6, 6.07) is 4.67. The summed E-state index contributed by atoms with van der Waals surface area (Å²) < 4.78 is 18.3. The van der Waals surface area contributed by atoms with E-state index in [4.69, 9.17) is 11.6 Å². The van der Waals surface area contributed by atoms with Gasteiger partial charge < -0.3 is 9.84 Å². The van der Waals surface area contributed by atoms with E-state index >= 15 is 0 Å². The number of likely N-dealkylation sites (tertiary alicyclic amines) is 1. The molecule has 0 spiro atoms. The van der Waals surface area contributed by atoms with Crippen molar-refractivity contribution in [2.24, 2.45) is 5.92 Å². The van der Waals surface area contributed by atoms with Gasteiger partial charge in [0.25, 0.3) is 0 Å². The fourth-order valence-corrected chi connectivity index (χ4v) is 2.79. The number of methoxy groups -OCH3 is 1. The molecule has 21 heavy (non-hydrogen) atoms. The standard InChI is InChI=1S/C15H19ClFNO3/c1-21-15(20)14(19)10-4-6-18(7-5-10)9-11-2-3-12(16)8-13(11)17/h2-3,8,10,14,19H,4-7,9H2,1H3. The largest absolute Gasteiger partial charge is 0.467 e. The topological polar surface area (TPSA) is 49.8 Å². The predicted molar refractivity (Wildman–Crippen MR) is 77.4 cm³/mol. The molecule has 1 saturated heterocycles. The van der Waals surface area contributed by atoms with Gasteiger partial charge in [-0.25, -0.2) is 9.18 Å². The van der Waals surface area contributed by atoms with E-state index in [1.54, 1.807) is 12.1 Å². The fourth-order valence-electron chi connectivity index (χ4n) is 2.63. The molecule has 1 aliphatic heterocycles. The molecule has 1 atom stereocenters. The first-order valence-electron chi connectivity index (χ1n) is 6.93. The smallest absolute Gasteiger partial charge is 0.334 e. The van der Waals surface area contributed by atoms with Gasteiger partial charge in [-0.3, -0.25) is 4.90 Å². The summed E-state index contributed by atoms with van der Waals surface area (Å²) in [7, 11) is 1.27. The minimum atomic E-state index is -1.07. The third-order valence-electron chi connectivity index (χ3n) is 3.93. The first kappa shape index (κ1) is 16.2. The van der Waals surface area contributed by atoms with Crippen molar-refractivity contribution < 1.29 is 19.0 Å². The molecule has 4 nitrogen and oxygen atoms in total. The highest BCUT2D eigenvalue weighted by Gasteiger charge is 2.30. The normalized spacial score (nSPS) is 18.5. The molecule has 1 aromatic carbocycles. The molecule has 1 fully saturated rings. The molecule has 0 saturated carbocycles. The number of esters is 1. The second-order valence-electron chi connectivity index (χ2n) is 5.32. The number of hydrogen-bond donors (Lipinski definition) is 1. The maximum atomic E-state index is 13.7. The predicted octanol–water partition coefficient (Wildman–Crippen LogP) is 2.22. The van der Waals surface area contributed by atoms with Crippen LogP contribution in [0.25, 0.3) is 0 Å². The SMILES string of the molecule is COC(=O)C(O)C1CCN(Cc2ccc(Cl)cc2F)CC1. The number of nitrogens with zero attached hydrogens (tertiary/aromatic N) is 1. The zero-order valence-corrected chi connectivity index (χ0v) is 12.6. The van der Waals surface area contributed by atoms with Gasteiger partial charge in [-0.15, -0.1) is 0 Å². The van der Waals surface area contributed by atoms with E-state index in [1.165, 1.54) is 13.2 Å². The lowest BCUT2D eigenvalue weighted by atomic mass is 9.91. The number of aliphatic hydroxyl groups excluding tert-OH is 1. The summed E-state index contributed by atoms with van der Waals surface area (Å²) in [5, 5.41) is 10.2. The van der Waals surface area contributed by atoms with Crippen LogP contribution >= 0.6 is 11.6 Å². The summed E-state index contributed by atoms with van der Waals surface area (Å²) in [5.41, 5.74) is 0.603. The summed E-state index contributed by atoms with van der Waals surface area (Å²) in [4.78, 5) is 13.4. The van der Waals surface area contributed by atoms with Gasteiger partial charge in [-0.2, -0.15) is 0 Å². The van der Waals surface area contributed by atoms with Crippen molar-refractivity contribution in [2.75, 3.05) is 20.2 Å². The average molecular weight is 316 g/mol. The van der Waals surface area contributed by atoms with Gasteiger partial charge >= 0.3 is 5.97 Å². The van der Waals surface area contributed by atoms with E-state index in [1.807, 2.05) is 0 Å². The van der Waals surface area contributed by atoms with Gasteiger partial charge in [0, 0.05) is 17.1 Å². The van der Waals surface area contributed by atoms with Gasteiger partial charge in [-0.05, 0) is 44.0 Å². The van der Waals surface area contributed by atoms with Crippen molar-refractivity contribution in [3.63, 3.8) is 0 Å². The molecular weight excluding hydrogens is 297 g/mol. The Morgan fingerprint density at radius 2 is 2.19 bits per heavy atom. The molecule has 6 heteroatoms. The van der Waals surface area contributed by atoms with Gasteiger partial charge in [0.1, 0.15) is 5.82 Å². The van der Waals surface area contributed by atoms with Crippen LogP contribution in [0.1, 0.15) is 18.4 Å². The number of hydrogen-bond acceptors (Lipinski definition) is 4. The van der Waals surface area contributed by atoms with Crippen molar-refractivity contribution in [2.45, 2.75) is 25.5 Å². The van der Waals surface area contributed by atoms with E-state index < -0.39 is 12.1 Å². The van der Waals surface area contributed by atoms with Crippen LogP contribution in [-0.2, 0) is 16.1 Å². The van der Waals surface area contributed by atoms with Crippen LogP contribution in [0.4, 0.5) is 4.39 Å². The fraction of sp³-hybridized carbons (Fsp3) is 0.533. The summed E-state index contributed by atoms with van der Waals surface area (Å²) in [6.45, 7) is 1.92. The quantitative estimate of drug-likeness (QED) is 0.866. The van der Waals surface area contributed by atoms with E-state index in [9.17, 15) is 14.3 Å². The molecule has 1 aliphatic rings. The average Bonchev–Trinajstić information content (AvgIpc) is 2.49. The number of halogens is 2. The summed E-state index contributed by atoms with van der Waals surface area (Å²) >= 11 is 5.73. The molecule has 1 heterocycles. The number of aliphatic hydroxyl groups is 1. The van der Waals surface area contributed by atoms with Crippen LogP contribution < -0.4 is 0 Å². The van der Waals surface area contributed by atoms with Crippen LogP contribution in [0.3, 0.4) is 0 Å². The van der Waals surface area contributed by atoms with Crippen molar-refractivity contribution in [3.05, 3.63) is 34.6 Å². The third-order valence-corrected chi connectivity index (χ3v) is 4.17. The molecule has 2 rings (SSSR count). The molecule has 0 amide bonds. The Hall–Kier alpha value is -1.17. The summed E-state index contributed by atoms with van der Waals surface area (Å²) in [5.74, 6) is -0.986. The van der Waals surface area contributed by atoms with Gasteiger partial charge in [-0.1, -0.05) is 17.7 Å². The number of rotatable bonds is 4. The maximum Gasteiger partial charge on any atom is 0.334 e. The molecule has 116 valence electrons. The van der Waals surface area contributed by atoms with Gasteiger partial charge in [0.15, 0.2) is 6.10 Å². The molecular formula is C15H19ClFNO3. The Labute approximate surface area is 128 Å². The minimum absolute atomic E-state index is 0.0937. The number of ether oxygens (including phenoxy) is 1. The van der Waals surface area contributed by atoms with Crippen molar-refractivity contribution in [1.82, 2.24) is 4.90 Å². The first-order chi connectivity index (χ1) is 10.0. The third kappa shape index (κ3) is 4.15. The second kappa shape index (κ2) is 7.20. The van der Waals surface area contributed by atoms with Crippen LogP contribution in [0, 0.1) is 11.7 Å². The highest BCUT2D eigenvalue weighted by atomic mass is 35.5. The number of carbonyl (C=O) groups excluding carboxylic acids is 1. The van der Waals surface area contributed by atoms with Crippen LogP contribution in [0.5, 0.6) is 0 Å². The molecule has 1 aromatic rings. The van der Waals surface area contributed by atoms with Crippen molar-refractivity contribution in [3.8, 4) is 0 Å². The molecule has 1 N–H and O–H groups in total. The highest BCUT2D eigenvalue weighted by Crippen LogP contribution is 2.24. The first-order valence-corrected chi connectivity index (χ1v) is 7.31. The molecule has 0 aliphatic carbocycles. The Balaban J connectivity index is 1.88. The molecule has 0 bridgehead atoms. The highest BCUT2D eigenvalue weighted by molar-refractivity contribution is 6.30. The van der Waals surface area contributed by atoms with Gasteiger partial charge in [0.2, 0.25) is 0 Å².